The van der Waals surface area contributed by atoms with Crippen molar-refractivity contribution in [2.45, 2.75) is 78.2 Å². The van der Waals surface area contributed by atoms with Gasteiger partial charge in [0.05, 0.1) is 0 Å². The first-order chi connectivity index (χ1) is 16.0. The van der Waals surface area contributed by atoms with E-state index in [-0.39, 0.29) is 25.0 Å². The molecule has 9 heteroatoms. The monoisotopic (exact) mass is 475 g/mol. The van der Waals surface area contributed by atoms with Crippen LogP contribution in [0.1, 0.15) is 59.4 Å². The zero-order valence-corrected chi connectivity index (χ0v) is 20.8. The predicted octanol–water partition coefficient (Wildman–Crippen LogP) is 2.78. The molecule has 1 aromatic rings. The molecule has 1 heterocycles. The van der Waals surface area contributed by atoms with Crippen LogP contribution in [0.2, 0.25) is 0 Å². The highest BCUT2D eigenvalue weighted by atomic mass is 16.6. The predicted molar refractivity (Wildman–Crippen MR) is 127 cm³/mol. The fourth-order valence-electron chi connectivity index (χ4n) is 3.65. The molecule has 0 aromatic heterocycles. The number of hydrogen-bond acceptors (Lipinski definition) is 6. The van der Waals surface area contributed by atoms with Gasteiger partial charge in [0.15, 0.2) is 0 Å². The van der Waals surface area contributed by atoms with E-state index in [2.05, 4.69) is 10.6 Å². The molecular weight excluding hydrogens is 438 g/mol. The average molecular weight is 476 g/mol. The van der Waals surface area contributed by atoms with Crippen molar-refractivity contribution in [2.75, 3.05) is 13.1 Å². The van der Waals surface area contributed by atoms with E-state index in [4.69, 9.17) is 9.47 Å². The summed E-state index contributed by atoms with van der Waals surface area (Å²) in [5.74, 6) is -1.44. The normalized spacial score (nSPS) is 17.4. The zero-order valence-electron chi connectivity index (χ0n) is 20.8. The SMILES string of the molecule is CC[C@H](C)[C@H](NC(=O)CNC(=O)OC(C)(C)C)C(=O)N1CCC[C@H]1C(=O)OCc1ccccc1. The van der Waals surface area contributed by atoms with Crippen molar-refractivity contribution in [1.29, 1.82) is 0 Å². The molecular formula is C25H37N3O6. The maximum atomic E-state index is 13.4. The Morgan fingerprint density at radius 2 is 1.82 bits per heavy atom. The summed E-state index contributed by atoms with van der Waals surface area (Å²) in [5, 5.41) is 5.12. The molecule has 1 aliphatic rings. The van der Waals surface area contributed by atoms with Crippen LogP contribution in [0.15, 0.2) is 30.3 Å². The number of nitrogens with one attached hydrogen (secondary N) is 2. The van der Waals surface area contributed by atoms with E-state index >= 15 is 0 Å². The van der Waals surface area contributed by atoms with Crippen molar-refractivity contribution < 1.29 is 28.7 Å². The summed E-state index contributed by atoms with van der Waals surface area (Å²) in [5.41, 5.74) is 0.185. The van der Waals surface area contributed by atoms with Gasteiger partial charge in [-0.05, 0) is 45.1 Å². The van der Waals surface area contributed by atoms with Gasteiger partial charge in [-0.1, -0.05) is 50.6 Å². The van der Waals surface area contributed by atoms with E-state index in [0.717, 1.165) is 5.56 Å². The smallest absolute Gasteiger partial charge is 0.408 e. The number of likely N-dealkylation sites (tertiary alicyclic amines) is 1. The lowest BCUT2D eigenvalue weighted by atomic mass is 9.97. The number of hydrogen-bond donors (Lipinski definition) is 2. The third-order valence-electron chi connectivity index (χ3n) is 5.62. The van der Waals surface area contributed by atoms with Gasteiger partial charge in [-0.2, -0.15) is 0 Å². The highest BCUT2D eigenvalue weighted by Gasteiger charge is 2.40. The van der Waals surface area contributed by atoms with Gasteiger partial charge in [-0.25, -0.2) is 9.59 Å². The standard InChI is InChI=1S/C25H37N3O6/c1-6-17(2)21(27-20(29)15-26-24(32)34-25(3,4)5)22(30)28-14-10-13-19(28)23(31)33-16-18-11-8-7-9-12-18/h7-9,11-12,17,19,21H,6,10,13-16H2,1-5H3,(H,26,32)(H,27,29)/t17-,19-,21-/m0/s1. The van der Waals surface area contributed by atoms with Gasteiger partial charge in [0, 0.05) is 6.54 Å². The molecule has 1 fully saturated rings. The van der Waals surface area contributed by atoms with Crippen LogP contribution in [-0.2, 0) is 30.5 Å². The molecule has 0 radical (unpaired) electrons. The lowest BCUT2D eigenvalue weighted by Gasteiger charge is -2.31. The van der Waals surface area contributed by atoms with Crippen LogP contribution < -0.4 is 10.6 Å². The molecule has 9 nitrogen and oxygen atoms in total. The van der Waals surface area contributed by atoms with E-state index in [1.54, 1.807) is 20.8 Å². The Balaban J connectivity index is 1.98. The van der Waals surface area contributed by atoms with Crippen molar-refractivity contribution >= 4 is 23.9 Å². The summed E-state index contributed by atoms with van der Waals surface area (Å²) in [7, 11) is 0. The summed E-state index contributed by atoms with van der Waals surface area (Å²) < 4.78 is 10.6. The summed E-state index contributed by atoms with van der Waals surface area (Å²) in [6.07, 6.45) is 1.13. The minimum absolute atomic E-state index is 0.139. The Bertz CT molecular complexity index is 852. The van der Waals surface area contributed by atoms with Crippen molar-refractivity contribution in [3.63, 3.8) is 0 Å². The Kier molecular flexibility index (Phi) is 9.89. The van der Waals surface area contributed by atoms with Gasteiger partial charge < -0.3 is 25.0 Å². The lowest BCUT2D eigenvalue weighted by Crippen LogP contribution is -2.55. The van der Waals surface area contributed by atoms with Crippen LogP contribution in [-0.4, -0.2) is 59.6 Å². The number of benzene rings is 1. The molecule has 188 valence electrons. The number of esters is 1. The Labute approximate surface area is 201 Å². The van der Waals surface area contributed by atoms with Gasteiger partial charge >= 0.3 is 12.1 Å². The Hall–Kier alpha value is -3.10. The molecule has 3 atom stereocenters. The van der Waals surface area contributed by atoms with Crippen LogP contribution in [0, 0.1) is 5.92 Å². The first kappa shape index (κ1) is 27.1. The van der Waals surface area contributed by atoms with E-state index in [0.29, 0.717) is 25.8 Å². The van der Waals surface area contributed by atoms with Gasteiger partial charge in [0.1, 0.15) is 30.8 Å². The average Bonchev–Trinajstić information content (AvgIpc) is 3.28. The number of ether oxygens (including phenoxy) is 2. The van der Waals surface area contributed by atoms with Crippen LogP contribution in [0.3, 0.4) is 0 Å². The summed E-state index contributed by atoms with van der Waals surface area (Å²) >= 11 is 0. The van der Waals surface area contributed by atoms with Crippen molar-refractivity contribution in [3.8, 4) is 0 Å². The zero-order chi connectivity index (χ0) is 25.3. The molecule has 1 aliphatic heterocycles. The van der Waals surface area contributed by atoms with Gasteiger partial charge in [-0.15, -0.1) is 0 Å². The Morgan fingerprint density at radius 3 is 2.44 bits per heavy atom. The molecule has 34 heavy (non-hydrogen) atoms. The molecule has 3 amide bonds. The maximum absolute atomic E-state index is 13.4. The number of nitrogens with zero attached hydrogens (tertiary/aromatic N) is 1. The summed E-state index contributed by atoms with van der Waals surface area (Å²) in [4.78, 5) is 52.0. The number of rotatable bonds is 9. The van der Waals surface area contributed by atoms with E-state index in [1.165, 1.54) is 4.90 Å². The number of alkyl carbamates (subject to hydrolysis) is 1. The van der Waals surface area contributed by atoms with E-state index in [9.17, 15) is 19.2 Å². The van der Waals surface area contributed by atoms with Crippen molar-refractivity contribution in [1.82, 2.24) is 15.5 Å². The second-order valence-corrected chi connectivity index (χ2v) is 9.57. The molecule has 1 saturated heterocycles. The molecule has 0 bridgehead atoms. The minimum Gasteiger partial charge on any atom is -0.459 e. The third-order valence-corrected chi connectivity index (χ3v) is 5.62. The number of carbonyl (C=O) groups excluding carboxylic acids is 4. The highest BCUT2D eigenvalue weighted by Crippen LogP contribution is 2.22. The molecule has 0 spiro atoms. The number of amides is 3. The summed E-state index contributed by atoms with van der Waals surface area (Å²) in [6, 6.07) is 7.85. The van der Waals surface area contributed by atoms with Crippen LogP contribution in [0.25, 0.3) is 0 Å². The second kappa shape index (κ2) is 12.4. The van der Waals surface area contributed by atoms with Gasteiger partial charge in [0.25, 0.3) is 0 Å². The van der Waals surface area contributed by atoms with Gasteiger partial charge in [0.2, 0.25) is 11.8 Å². The van der Waals surface area contributed by atoms with Crippen molar-refractivity contribution in [2.24, 2.45) is 5.92 Å². The summed E-state index contributed by atoms with van der Waals surface area (Å²) in [6.45, 7) is 9.19. The molecule has 1 aromatic carbocycles. The maximum Gasteiger partial charge on any atom is 0.408 e. The van der Waals surface area contributed by atoms with Gasteiger partial charge in [-0.3, -0.25) is 9.59 Å². The topological polar surface area (TPSA) is 114 Å². The molecule has 0 unspecified atom stereocenters. The van der Waals surface area contributed by atoms with E-state index in [1.807, 2.05) is 44.2 Å². The third kappa shape index (κ3) is 8.35. The first-order valence-corrected chi connectivity index (χ1v) is 11.8. The van der Waals surface area contributed by atoms with Crippen LogP contribution in [0.4, 0.5) is 4.79 Å². The molecule has 2 N–H and O–H groups in total. The fourth-order valence-corrected chi connectivity index (χ4v) is 3.65. The first-order valence-electron chi connectivity index (χ1n) is 11.8. The van der Waals surface area contributed by atoms with Crippen LogP contribution in [0.5, 0.6) is 0 Å². The molecule has 0 aliphatic carbocycles. The fraction of sp³-hybridized carbons (Fsp3) is 0.600. The quantitative estimate of drug-likeness (QED) is 0.531. The molecule has 0 saturated carbocycles. The Morgan fingerprint density at radius 1 is 1.15 bits per heavy atom. The largest absolute Gasteiger partial charge is 0.459 e. The van der Waals surface area contributed by atoms with Crippen LogP contribution >= 0.6 is 0 Å². The van der Waals surface area contributed by atoms with E-state index < -0.39 is 35.7 Å². The minimum atomic E-state index is -0.819. The second-order valence-electron chi connectivity index (χ2n) is 9.57. The van der Waals surface area contributed by atoms with Crippen molar-refractivity contribution in [3.05, 3.63) is 35.9 Å². The number of carbonyl (C=O) groups is 4. The lowest BCUT2D eigenvalue weighted by molar-refractivity contribution is -0.155. The highest BCUT2D eigenvalue weighted by molar-refractivity contribution is 5.92. The molecule has 2 rings (SSSR count).